The average molecular weight is 461 g/mol. The maximum absolute atomic E-state index is 13.0. The van der Waals surface area contributed by atoms with Crippen LogP contribution in [-0.2, 0) is 16.1 Å². The standard InChI is InChI=1S/C23H29BrN2O3/c1-5-17(3)25-23(28)18(4)26(14-19-8-6-7-16(2)13-19)22(27)15-29-21-11-9-20(24)10-12-21/h6-13,17-18H,5,14-15H2,1-4H3,(H,25,28)/t17-,18+/m0/s1. The van der Waals surface area contributed by atoms with Gasteiger partial charge in [-0.1, -0.05) is 52.7 Å². The molecular formula is C23H29BrN2O3. The molecule has 0 aliphatic rings. The van der Waals surface area contributed by atoms with E-state index in [4.69, 9.17) is 4.74 Å². The molecule has 29 heavy (non-hydrogen) atoms. The molecule has 5 nitrogen and oxygen atoms in total. The summed E-state index contributed by atoms with van der Waals surface area (Å²) in [5, 5.41) is 2.96. The lowest BCUT2D eigenvalue weighted by molar-refractivity contribution is -0.142. The number of carbonyl (C=O) groups excluding carboxylic acids is 2. The minimum Gasteiger partial charge on any atom is -0.484 e. The predicted molar refractivity (Wildman–Crippen MR) is 119 cm³/mol. The molecule has 2 aromatic rings. The molecule has 2 amide bonds. The quantitative estimate of drug-likeness (QED) is 0.600. The summed E-state index contributed by atoms with van der Waals surface area (Å²) < 4.78 is 6.59. The van der Waals surface area contributed by atoms with Crippen molar-refractivity contribution in [2.45, 2.75) is 52.7 Å². The number of carbonyl (C=O) groups is 2. The molecule has 0 aliphatic heterocycles. The molecule has 2 rings (SSSR count). The SMILES string of the molecule is CC[C@H](C)NC(=O)[C@@H](C)N(Cc1cccc(C)c1)C(=O)COc1ccc(Br)cc1. The van der Waals surface area contributed by atoms with Gasteiger partial charge in [0.25, 0.3) is 5.91 Å². The van der Waals surface area contributed by atoms with E-state index in [9.17, 15) is 9.59 Å². The first-order valence-corrected chi connectivity index (χ1v) is 10.6. The second-order valence-corrected chi connectivity index (χ2v) is 8.16. The molecule has 0 fully saturated rings. The van der Waals surface area contributed by atoms with Crippen LogP contribution in [-0.4, -0.2) is 35.4 Å². The van der Waals surface area contributed by atoms with Gasteiger partial charge in [0.2, 0.25) is 5.91 Å². The Balaban J connectivity index is 2.14. The van der Waals surface area contributed by atoms with Gasteiger partial charge in [-0.2, -0.15) is 0 Å². The second kappa shape index (κ2) is 11.0. The Hall–Kier alpha value is -2.34. The van der Waals surface area contributed by atoms with Gasteiger partial charge in [-0.3, -0.25) is 9.59 Å². The zero-order chi connectivity index (χ0) is 21.4. The minimum absolute atomic E-state index is 0.0555. The Morgan fingerprint density at radius 2 is 1.83 bits per heavy atom. The van der Waals surface area contributed by atoms with Gasteiger partial charge in [-0.15, -0.1) is 0 Å². The zero-order valence-corrected chi connectivity index (χ0v) is 19.0. The highest BCUT2D eigenvalue weighted by molar-refractivity contribution is 9.10. The number of halogens is 1. The van der Waals surface area contributed by atoms with E-state index in [1.165, 1.54) is 0 Å². The number of rotatable bonds is 9. The van der Waals surface area contributed by atoms with Gasteiger partial charge < -0.3 is 15.0 Å². The van der Waals surface area contributed by atoms with Crippen molar-refractivity contribution in [2.75, 3.05) is 6.61 Å². The van der Waals surface area contributed by atoms with Crippen molar-refractivity contribution in [2.24, 2.45) is 0 Å². The summed E-state index contributed by atoms with van der Waals surface area (Å²) in [5.41, 5.74) is 2.09. The van der Waals surface area contributed by atoms with Gasteiger partial charge >= 0.3 is 0 Å². The summed E-state index contributed by atoms with van der Waals surface area (Å²) in [6.07, 6.45) is 0.830. The first kappa shape index (κ1) is 22.9. The van der Waals surface area contributed by atoms with Crippen LogP contribution in [0, 0.1) is 6.92 Å². The summed E-state index contributed by atoms with van der Waals surface area (Å²) in [7, 11) is 0. The third-order valence-electron chi connectivity index (χ3n) is 4.78. The zero-order valence-electron chi connectivity index (χ0n) is 17.4. The summed E-state index contributed by atoms with van der Waals surface area (Å²) in [5.74, 6) is 0.207. The monoisotopic (exact) mass is 460 g/mol. The van der Waals surface area contributed by atoms with Gasteiger partial charge in [0.15, 0.2) is 6.61 Å². The molecule has 0 saturated heterocycles. The number of hydrogen-bond acceptors (Lipinski definition) is 3. The highest BCUT2D eigenvalue weighted by atomic mass is 79.9. The second-order valence-electron chi connectivity index (χ2n) is 7.25. The van der Waals surface area contributed by atoms with Crippen molar-refractivity contribution in [3.8, 4) is 5.75 Å². The highest BCUT2D eigenvalue weighted by Gasteiger charge is 2.27. The van der Waals surface area contributed by atoms with Crippen LogP contribution >= 0.6 is 15.9 Å². The molecule has 0 aromatic heterocycles. The lowest BCUT2D eigenvalue weighted by Crippen LogP contribution is -2.50. The largest absolute Gasteiger partial charge is 0.484 e. The number of benzene rings is 2. The Morgan fingerprint density at radius 3 is 2.45 bits per heavy atom. The highest BCUT2D eigenvalue weighted by Crippen LogP contribution is 2.17. The normalized spacial score (nSPS) is 12.7. The maximum atomic E-state index is 13.0. The number of nitrogens with zero attached hydrogens (tertiary/aromatic N) is 1. The van der Waals surface area contributed by atoms with Gasteiger partial charge in [0.05, 0.1) is 0 Å². The molecule has 6 heteroatoms. The first-order valence-electron chi connectivity index (χ1n) is 9.84. The fraction of sp³-hybridized carbons (Fsp3) is 0.391. The maximum Gasteiger partial charge on any atom is 0.261 e. The Bertz CT molecular complexity index is 823. The Morgan fingerprint density at radius 1 is 1.14 bits per heavy atom. The first-order chi connectivity index (χ1) is 13.8. The van der Waals surface area contributed by atoms with Crippen LogP contribution in [0.2, 0.25) is 0 Å². The molecule has 0 unspecified atom stereocenters. The third kappa shape index (κ3) is 7.20. The van der Waals surface area contributed by atoms with Gasteiger partial charge in [-0.25, -0.2) is 0 Å². The van der Waals surface area contributed by atoms with E-state index >= 15 is 0 Å². The van der Waals surface area contributed by atoms with Gasteiger partial charge in [-0.05, 0) is 57.0 Å². The Labute approximate surface area is 181 Å². The molecule has 156 valence electrons. The molecular weight excluding hydrogens is 432 g/mol. The summed E-state index contributed by atoms with van der Waals surface area (Å²) in [6, 6.07) is 14.7. The van der Waals surface area contributed by atoms with Crippen molar-refractivity contribution in [1.82, 2.24) is 10.2 Å². The number of amides is 2. The van der Waals surface area contributed by atoms with E-state index in [0.717, 1.165) is 22.0 Å². The molecule has 1 N–H and O–H groups in total. The fourth-order valence-corrected chi connectivity index (χ4v) is 3.08. The van der Waals surface area contributed by atoms with Crippen LogP contribution in [0.25, 0.3) is 0 Å². The predicted octanol–water partition coefficient (Wildman–Crippen LogP) is 4.47. The van der Waals surface area contributed by atoms with Crippen molar-refractivity contribution < 1.29 is 14.3 Å². The van der Waals surface area contributed by atoms with Crippen LogP contribution in [0.15, 0.2) is 53.0 Å². The molecule has 0 aliphatic carbocycles. The number of hydrogen-bond donors (Lipinski definition) is 1. The minimum atomic E-state index is -0.606. The van der Waals surface area contributed by atoms with Crippen molar-refractivity contribution in [3.05, 3.63) is 64.1 Å². The van der Waals surface area contributed by atoms with Gasteiger partial charge in [0.1, 0.15) is 11.8 Å². The van der Waals surface area contributed by atoms with E-state index in [0.29, 0.717) is 12.3 Å². The van der Waals surface area contributed by atoms with Crippen LogP contribution < -0.4 is 10.1 Å². The van der Waals surface area contributed by atoms with E-state index in [1.54, 1.807) is 24.0 Å². The van der Waals surface area contributed by atoms with Crippen molar-refractivity contribution >= 4 is 27.7 Å². The summed E-state index contributed by atoms with van der Waals surface area (Å²) in [4.78, 5) is 27.2. The molecule has 2 atom stereocenters. The Kier molecular flexibility index (Phi) is 8.70. The van der Waals surface area contributed by atoms with Crippen LogP contribution in [0.3, 0.4) is 0 Å². The average Bonchev–Trinajstić information content (AvgIpc) is 2.70. The molecule has 0 spiro atoms. The number of aryl methyl sites for hydroxylation is 1. The molecule has 0 heterocycles. The topological polar surface area (TPSA) is 58.6 Å². The number of nitrogens with one attached hydrogen (secondary N) is 1. The molecule has 0 bridgehead atoms. The molecule has 2 aromatic carbocycles. The van der Waals surface area contributed by atoms with Crippen molar-refractivity contribution in [1.29, 1.82) is 0 Å². The van der Waals surface area contributed by atoms with Crippen molar-refractivity contribution in [3.63, 3.8) is 0 Å². The van der Waals surface area contributed by atoms with Gasteiger partial charge in [0, 0.05) is 17.1 Å². The van der Waals surface area contributed by atoms with E-state index in [2.05, 4.69) is 21.2 Å². The van der Waals surface area contributed by atoms with Crippen LogP contribution in [0.4, 0.5) is 0 Å². The van der Waals surface area contributed by atoms with Crippen LogP contribution in [0.5, 0.6) is 5.75 Å². The third-order valence-corrected chi connectivity index (χ3v) is 5.31. The van der Waals surface area contributed by atoms with Crippen LogP contribution in [0.1, 0.15) is 38.3 Å². The summed E-state index contributed by atoms with van der Waals surface area (Å²) >= 11 is 3.38. The number of ether oxygens (including phenoxy) is 1. The summed E-state index contributed by atoms with van der Waals surface area (Å²) in [6.45, 7) is 7.94. The lowest BCUT2D eigenvalue weighted by atomic mass is 10.1. The lowest BCUT2D eigenvalue weighted by Gasteiger charge is -2.29. The fourth-order valence-electron chi connectivity index (χ4n) is 2.81. The molecule has 0 saturated carbocycles. The molecule has 0 radical (unpaired) electrons. The van der Waals surface area contributed by atoms with E-state index < -0.39 is 6.04 Å². The smallest absolute Gasteiger partial charge is 0.261 e. The van der Waals surface area contributed by atoms with E-state index in [-0.39, 0.29) is 24.5 Å². The van der Waals surface area contributed by atoms with E-state index in [1.807, 2.05) is 57.2 Å².